The first-order valence-electron chi connectivity index (χ1n) is 10.2. The fourth-order valence-corrected chi connectivity index (χ4v) is 3.75. The number of methoxy groups -OCH3 is 1. The van der Waals surface area contributed by atoms with Crippen molar-refractivity contribution in [3.8, 4) is 17.2 Å². The van der Waals surface area contributed by atoms with Gasteiger partial charge in [-0.3, -0.25) is 9.59 Å². The first kappa shape index (κ1) is 21.7. The second kappa shape index (κ2) is 9.32. The van der Waals surface area contributed by atoms with Gasteiger partial charge in [-0.1, -0.05) is 29.3 Å². The summed E-state index contributed by atoms with van der Waals surface area (Å²) in [7, 11) is 1.53. The quantitative estimate of drug-likeness (QED) is 0.543. The minimum Gasteiger partial charge on any atom is -0.495 e. The third-order valence-electron chi connectivity index (χ3n) is 5.31. The van der Waals surface area contributed by atoms with Crippen LogP contribution >= 0.6 is 11.6 Å². The molecule has 2 amide bonds. The summed E-state index contributed by atoms with van der Waals surface area (Å²) in [5.74, 6) is 1.11. The van der Waals surface area contributed by atoms with Gasteiger partial charge in [0.05, 0.1) is 18.7 Å². The largest absolute Gasteiger partial charge is 0.495 e. The Morgan fingerprint density at radius 3 is 2.34 bits per heavy atom. The number of rotatable bonds is 6. The molecule has 164 valence electrons. The number of ether oxygens (including phenoxy) is 2. The smallest absolute Gasteiger partial charge is 0.229 e. The highest BCUT2D eigenvalue weighted by Crippen LogP contribution is 2.35. The zero-order valence-corrected chi connectivity index (χ0v) is 18.6. The summed E-state index contributed by atoms with van der Waals surface area (Å²) in [5.41, 5.74) is 2.36. The van der Waals surface area contributed by atoms with E-state index in [0.29, 0.717) is 27.9 Å². The number of carbonyl (C=O) groups excluding carboxylic acids is 2. The number of hydrogen-bond donors (Lipinski definition) is 1. The number of nitrogens with zero attached hydrogens (tertiary/aromatic N) is 1. The Kier molecular flexibility index (Phi) is 6.32. The van der Waals surface area contributed by atoms with Crippen molar-refractivity contribution >= 4 is 34.8 Å². The topological polar surface area (TPSA) is 67.9 Å². The van der Waals surface area contributed by atoms with Crippen LogP contribution in [0.3, 0.4) is 0 Å². The average Bonchev–Trinajstić information content (AvgIpc) is 3.18. The predicted molar refractivity (Wildman–Crippen MR) is 125 cm³/mol. The van der Waals surface area contributed by atoms with Gasteiger partial charge >= 0.3 is 0 Å². The number of aryl methyl sites for hydroxylation is 1. The Hall–Kier alpha value is -3.51. The number of anilines is 2. The van der Waals surface area contributed by atoms with Crippen LogP contribution < -0.4 is 19.7 Å². The van der Waals surface area contributed by atoms with Crippen molar-refractivity contribution in [3.63, 3.8) is 0 Å². The van der Waals surface area contributed by atoms with Crippen molar-refractivity contribution in [2.45, 2.75) is 13.3 Å². The Bertz CT molecular complexity index is 1130. The lowest BCUT2D eigenvalue weighted by atomic mass is 10.1. The van der Waals surface area contributed by atoms with Crippen LogP contribution in [-0.4, -0.2) is 25.5 Å². The second-order valence-electron chi connectivity index (χ2n) is 7.65. The van der Waals surface area contributed by atoms with Crippen molar-refractivity contribution in [2.75, 3.05) is 23.9 Å². The molecule has 0 aliphatic carbocycles. The third kappa shape index (κ3) is 4.86. The summed E-state index contributed by atoms with van der Waals surface area (Å²) in [6.45, 7) is 2.28. The van der Waals surface area contributed by atoms with Gasteiger partial charge in [-0.25, -0.2) is 0 Å². The van der Waals surface area contributed by atoms with Crippen LogP contribution in [0.4, 0.5) is 11.4 Å². The normalized spacial score (nSPS) is 15.5. The van der Waals surface area contributed by atoms with Gasteiger partial charge in [0.1, 0.15) is 17.2 Å². The molecule has 0 bridgehead atoms. The molecule has 1 atom stereocenters. The molecule has 1 aliphatic rings. The lowest BCUT2D eigenvalue weighted by Gasteiger charge is -2.20. The summed E-state index contributed by atoms with van der Waals surface area (Å²) in [6, 6.07) is 20.0. The van der Waals surface area contributed by atoms with Gasteiger partial charge in [-0.2, -0.15) is 0 Å². The summed E-state index contributed by atoms with van der Waals surface area (Å²) in [6.07, 6.45) is 0.121. The Morgan fingerprint density at radius 1 is 1.03 bits per heavy atom. The molecule has 6 nitrogen and oxygen atoms in total. The minimum atomic E-state index is -0.477. The molecular weight excluding hydrogens is 428 g/mol. The van der Waals surface area contributed by atoms with E-state index in [-0.39, 0.29) is 24.8 Å². The highest BCUT2D eigenvalue weighted by atomic mass is 35.5. The van der Waals surface area contributed by atoms with Gasteiger partial charge in [-0.05, 0) is 61.5 Å². The highest BCUT2D eigenvalue weighted by Gasteiger charge is 2.36. The number of carbonyl (C=O) groups is 2. The van der Waals surface area contributed by atoms with Crippen LogP contribution in [0, 0.1) is 12.8 Å². The van der Waals surface area contributed by atoms with Crippen molar-refractivity contribution < 1.29 is 19.1 Å². The van der Waals surface area contributed by atoms with Crippen molar-refractivity contribution in [1.29, 1.82) is 0 Å². The molecule has 0 saturated carbocycles. The van der Waals surface area contributed by atoms with Crippen LogP contribution in [0.5, 0.6) is 17.2 Å². The molecule has 4 rings (SSSR count). The monoisotopic (exact) mass is 450 g/mol. The van der Waals surface area contributed by atoms with Gasteiger partial charge in [-0.15, -0.1) is 0 Å². The van der Waals surface area contributed by atoms with E-state index in [4.69, 9.17) is 21.1 Å². The Labute approximate surface area is 191 Å². The van der Waals surface area contributed by atoms with Crippen LogP contribution in [0.25, 0.3) is 0 Å². The maximum atomic E-state index is 12.8. The van der Waals surface area contributed by atoms with E-state index in [1.807, 2.05) is 31.2 Å². The molecule has 32 heavy (non-hydrogen) atoms. The fourth-order valence-electron chi connectivity index (χ4n) is 3.58. The summed E-state index contributed by atoms with van der Waals surface area (Å²) < 4.78 is 11.2. The summed E-state index contributed by atoms with van der Waals surface area (Å²) in [5, 5.41) is 3.38. The molecule has 1 aliphatic heterocycles. The van der Waals surface area contributed by atoms with Gasteiger partial charge in [0.25, 0.3) is 0 Å². The molecule has 1 saturated heterocycles. The zero-order chi connectivity index (χ0) is 22.7. The predicted octanol–water partition coefficient (Wildman–Crippen LogP) is 5.44. The van der Waals surface area contributed by atoms with Crippen molar-refractivity contribution in [3.05, 3.63) is 77.3 Å². The second-order valence-corrected chi connectivity index (χ2v) is 8.09. The molecule has 0 spiro atoms. The fraction of sp³-hybridized carbons (Fsp3) is 0.200. The van der Waals surface area contributed by atoms with Gasteiger partial charge in [0.15, 0.2) is 0 Å². The highest BCUT2D eigenvalue weighted by molar-refractivity contribution is 6.31. The van der Waals surface area contributed by atoms with Gasteiger partial charge in [0.2, 0.25) is 11.8 Å². The molecule has 0 aromatic heterocycles. The standard InChI is InChI=1S/C25H23ClN2O4/c1-16-3-8-20(9-4-16)32-21-10-6-19(7-11-21)27-25(30)17-13-24(29)28(15-17)22-14-18(26)5-12-23(22)31-2/h3-12,14,17H,13,15H2,1-2H3,(H,27,30)/t17-/m1/s1. The van der Waals surface area contributed by atoms with Crippen LogP contribution in [0.1, 0.15) is 12.0 Å². The van der Waals surface area contributed by atoms with Crippen molar-refractivity contribution in [2.24, 2.45) is 5.92 Å². The molecule has 1 N–H and O–H groups in total. The van der Waals surface area contributed by atoms with Gasteiger partial charge in [0, 0.05) is 23.7 Å². The van der Waals surface area contributed by atoms with Crippen molar-refractivity contribution in [1.82, 2.24) is 0 Å². The van der Waals surface area contributed by atoms with E-state index in [9.17, 15) is 9.59 Å². The number of halogens is 1. The van der Waals surface area contributed by atoms with Crippen LogP contribution in [0.2, 0.25) is 5.02 Å². The Balaban J connectivity index is 1.39. The minimum absolute atomic E-state index is 0.121. The SMILES string of the molecule is COc1ccc(Cl)cc1N1C[C@H](C(=O)Nc2ccc(Oc3ccc(C)cc3)cc2)CC1=O. The van der Waals surface area contributed by atoms with E-state index in [2.05, 4.69) is 5.32 Å². The maximum absolute atomic E-state index is 12.8. The number of benzene rings is 3. The van der Waals surface area contributed by atoms with E-state index >= 15 is 0 Å². The average molecular weight is 451 g/mol. The number of amides is 2. The van der Waals surface area contributed by atoms with Crippen LogP contribution in [-0.2, 0) is 9.59 Å². The van der Waals surface area contributed by atoms with Gasteiger partial charge < -0.3 is 19.7 Å². The Morgan fingerprint density at radius 2 is 1.69 bits per heavy atom. The molecule has 7 heteroatoms. The van der Waals surface area contributed by atoms with Crippen LogP contribution in [0.15, 0.2) is 66.7 Å². The maximum Gasteiger partial charge on any atom is 0.229 e. The summed E-state index contributed by atoms with van der Waals surface area (Å²) >= 11 is 6.09. The van der Waals surface area contributed by atoms with E-state index in [1.54, 1.807) is 47.4 Å². The zero-order valence-electron chi connectivity index (χ0n) is 17.8. The van der Waals surface area contributed by atoms with E-state index in [1.165, 1.54) is 7.11 Å². The lowest BCUT2D eigenvalue weighted by Crippen LogP contribution is -2.28. The first-order valence-corrected chi connectivity index (χ1v) is 10.6. The first-order chi connectivity index (χ1) is 15.4. The third-order valence-corrected chi connectivity index (χ3v) is 5.54. The lowest BCUT2D eigenvalue weighted by molar-refractivity contribution is -0.122. The van der Waals surface area contributed by atoms with E-state index < -0.39 is 5.92 Å². The molecule has 1 fully saturated rings. The molecule has 0 unspecified atom stereocenters. The molecule has 1 heterocycles. The van der Waals surface area contributed by atoms with E-state index in [0.717, 1.165) is 11.3 Å². The molecular formula is C25H23ClN2O4. The number of hydrogen-bond acceptors (Lipinski definition) is 4. The molecule has 3 aromatic carbocycles. The number of nitrogens with one attached hydrogen (secondary N) is 1. The molecule has 3 aromatic rings. The molecule has 0 radical (unpaired) electrons. The summed E-state index contributed by atoms with van der Waals surface area (Å²) in [4.78, 5) is 26.9.